The number of hydrogen-bond donors (Lipinski definition) is 3. The lowest BCUT2D eigenvalue weighted by molar-refractivity contribution is -0.124. The molecule has 0 aliphatic rings. The van der Waals surface area contributed by atoms with Crippen molar-refractivity contribution in [1.82, 2.24) is 5.48 Å². The van der Waals surface area contributed by atoms with E-state index in [1.54, 1.807) is 48.5 Å². The number of carbonyl (C=O) groups excluding carboxylic acids is 1. The van der Waals surface area contributed by atoms with Crippen LogP contribution in [0.2, 0.25) is 0 Å². The molecule has 8 heteroatoms. The molecule has 0 fully saturated rings. The van der Waals surface area contributed by atoms with Gasteiger partial charge in [-0.05, 0) is 29.8 Å². The quantitative estimate of drug-likeness (QED) is 0.238. The molecule has 3 N–H and O–H groups in total. The molecule has 0 bridgehead atoms. The summed E-state index contributed by atoms with van der Waals surface area (Å²) < 4.78 is 27.4. The van der Waals surface area contributed by atoms with E-state index >= 15 is 0 Å². The smallest absolute Gasteiger partial charge is 0.285 e. The molecule has 0 heterocycles. The molecule has 0 saturated carbocycles. The molecule has 0 spiro atoms. The van der Waals surface area contributed by atoms with Crippen LogP contribution in [0.15, 0.2) is 77.2 Å². The summed E-state index contributed by atoms with van der Waals surface area (Å²) in [6, 6.07) is 16.2. The van der Waals surface area contributed by atoms with E-state index in [9.17, 15) is 13.2 Å². The Bertz CT molecular complexity index is 991. The van der Waals surface area contributed by atoms with Crippen molar-refractivity contribution >= 4 is 27.7 Å². The zero-order chi connectivity index (χ0) is 19.0. The molecule has 132 valence electrons. The van der Waals surface area contributed by atoms with Crippen LogP contribution in [0.3, 0.4) is 0 Å². The van der Waals surface area contributed by atoms with Gasteiger partial charge in [0.1, 0.15) is 11.6 Å². The number of sulfonamides is 1. The number of hydroxylamine groups is 1. The van der Waals surface area contributed by atoms with Gasteiger partial charge in [-0.3, -0.25) is 14.7 Å². The Labute approximate surface area is 150 Å². The lowest BCUT2D eigenvalue weighted by atomic mass is 10.1. The number of para-hydroxylation sites is 1. The van der Waals surface area contributed by atoms with Gasteiger partial charge >= 0.3 is 0 Å². The van der Waals surface area contributed by atoms with Crippen LogP contribution >= 0.6 is 0 Å². The number of anilines is 1. The molecule has 0 radical (unpaired) electrons. The first-order valence-electron chi connectivity index (χ1n) is 7.37. The molecule has 2 aromatic carbocycles. The van der Waals surface area contributed by atoms with E-state index in [0.717, 1.165) is 0 Å². The largest absolute Gasteiger partial charge is 0.288 e. The second-order valence-electron chi connectivity index (χ2n) is 5.00. The predicted molar refractivity (Wildman–Crippen MR) is 96.4 cm³/mol. The summed E-state index contributed by atoms with van der Waals surface area (Å²) in [5.41, 5.74) is 1.94. The molecular formula is C18H15N3O4S. The van der Waals surface area contributed by atoms with Crippen LogP contribution in [-0.2, 0) is 14.8 Å². The second-order valence-corrected chi connectivity index (χ2v) is 6.68. The van der Waals surface area contributed by atoms with E-state index < -0.39 is 15.9 Å². The average molecular weight is 369 g/mol. The monoisotopic (exact) mass is 369 g/mol. The van der Waals surface area contributed by atoms with Gasteiger partial charge in [-0.15, -0.1) is 0 Å². The minimum atomic E-state index is -3.75. The minimum absolute atomic E-state index is 0.130. The van der Waals surface area contributed by atoms with Crippen molar-refractivity contribution in [3.63, 3.8) is 0 Å². The summed E-state index contributed by atoms with van der Waals surface area (Å²) in [4.78, 5) is 11.3. The van der Waals surface area contributed by atoms with Crippen LogP contribution in [-0.4, -0.2) is 19.5 Å². The third-order valence-corrected chi connectivity index (χ3v) is 4.65. The normalized spacial score (nSPS) is 11.8. The Balaban J connectivity index is 2.29. The van der Waals surface area contributed by atoms with E-state index in [2.05, 4.69) is 4.72 Å². The van der Waals surface area contributed by atoms with Crippen LogP contribution in [0.25, 0.3) is 6.08 Å². The molecule has 7 nitrogen and oxygen atoms in total. The number of carbonyl (C=O) groups is 1. The highest BCUT2D eigenvalue weighted by atomic mass is 32.2. The number of rotatable bonds is 6. The van der Waals surface area contributed by atoms with Gasteiger partial charge in [0, 0.05) is 0 Å². The van der Waals surface area contributed by atoms with E-state index in [1.165, 1.54) is 35.8 Å². The van der Waals surface area contributed by atoms with Crippen molar-refractivity contribution in [2.75, 3.05) is 4.72 Å². The van der Waals surface area contributed by atoms with Gasteiger partial charge in [-0.1, -0.05) is 48.6 Å². The maximum Gasteiger partial charge on any atom is 0.285 e. The highest BCUT2D eigenvalue weighted by molar-refractivity contribution is 7.92. The fourth-order valence-corrected chi connectivity index (χ4v) is 3.12. The van der Waals surface area contributed by atoms with E-state index in [0.29, 0.717) is 11.3 Å². The maximum absolute atomic E-state index is 12.4. The fourth-order valence-electron chi connectivity index (χ4n) is 2.01. The Morgan fingerprint density at radius 2 is 1.73 bits per heavy atom. The average Bonchev–Trinajstić information content (AvgIpc) is 2.66. The highest BCUT2D eigenvalue weighted by Crippen LogP contribution is 2.21. The fraction of sp³-hybridized carbons (Fsp3) is 0. The molecule has 0 aromatic heterocycles. The van der Waals surface area contributed by atoms with E-state index in [-0.39, 0.29) is 10.5 Å². The van der Waals surface area contributed by atoms with Crippen molar-refractivity contribution in [1.29, 1.82) is 5.26 Å². The van der Waals surface area contributed by atoms with Gasteiger partial charge in [0.05, 0.1) is 10.6 Å². The van der Waals surface area contributed by atoms with Gasteiger partial charge in [0.2, 0.25) is 0 Å². The molecule has 2 aromatic rings. The Hall–Kier alpha value is -3.41. The van der Waals surface area contributed by atoms with Crippen molar-refractivity contribution in [2.24, 2.45) is 0 Å². The zero-order valence-corrected chi connectivity index (χ0v) is 14.3. The topological polar surface area (TPSA) is 119 Å². The Morgan fingerprint density at radius 1 is 1.08 bits per heavy atom. The molecule has 0 aliphatic heterocycles. The third kappa shape index (κ3) is 4.80. The predicted octanol–water partition coefficient (Wildman–Crippen LogP) is 2.46. The second kappa shape index (κ2) is 8.62. The first kappa shape index (κ1) is 18.9. The molecule has 1 amide bonds. The summed E-state index contributed by atoms with van der Waals surface area (Å²) in [7, 11) is -3.75. The molecule has 0 atom stereocenters. The molecule has 2 rings (SSSR count). The number of nitrogens with zero attached hydrogens (tertiary/aromatic N) is 1. The van der Waals surface area contributed by atoms with Gasteiger partial charge in [0.25, 0.3) is 15.9 Å². The SMILES string of the molecule is N#C/C(=C\C=C\c1ccccc1NS(=O)(=O)c1ccccc1)C(=O)NO. The van der Waals surface area contributed by atoms with Crippen LogP contribution < -0.4 is 10.2 Å². The molecular weight excluding hydrogens is 354 g/mol. The summed E-state index contributed by atoms with van der Waals surface area (Å²) >= 11 is 0. The number of nitrogens with one attached hydrogen (secondary N) is 2. The number of nitriles is 1. The van der Waals surface area contributed by atoms with Gasteiger partial charge < -0.3 is 0 Å². The number of hydrogen-bond acceptors (Lipinski definition) is 5. The van der Waals surface area contributed by atoms with Crippen LogP contribution in [0.4, 0.5) is 5.69 Å². The molecule has 0 aliphatic carbocycles. The van der Waals surface area contributed by atoms with E-state index in [4.69, 9.17) is 10.5 Å². The first-order valence-corrected chi connectivity index (χ1v) is 8.86. The van der Waals surface area contributed by atoms with Gasteiger partial charge in [-0.2, -0.15) is 5.26 Å². The van der Waals surface area contributed by atoms with Crippen LogP contribution in [0.1, 0.15) is 5.56 Å². The van der Waals surface area contributed by atoms with Gasteiger partial charge in [-0.25, -0.2) is 13.9 Å². The zero-order valence-electron chi connectivity index (χ0n) is 13.5. The number of amides is 1. The maximum atomic E-state index is 12.4. The Morgan fingerprint density at radius 3 is 2.38 bits per heavy atom. The third-order valence-electron chi connectivity index (χ3n) is 3.26. The van der Waals surface area contributed by atoms with Crippen molar-refractivity contribution in [2.45, 2.75) is 4.90 Å². The molecule has 26 heavy (non-hydrogen) atoms. The van der Waals surface area contributed by atoms with E-state index in [1.807, 2.05) is 0 Å². The Kier molecular flexibility index (Phi) is 6.27. The van der Waals surface area contributed by atoms with Crippen LogP contribution in [0.5, 0.6) is 0 Å². The van der Waals surface area contributed by atoms with Crippen molar-refractivity contribution < 1.29 is 18.4 Å². The lowest BCUT2D eigenvalue weighted by Crippen LogP contribution is -2.19. The summed E-state index contributed by atoms with van der Waals surface area (Å²) in [6.45, 7) is 0. The van der Waals surface area contributed by atoms with Crippen molar-refractivity contribution in [3.8, 4) is 6.07 Å². The van der Waals surface area contributed by atoms with Crippen LogP contribution in [0, 0.1) is 11.3 Å². The molecule has 0 unspecified atom stereocenters. The summed E-state index contributed by atoms with van der Waals surface area (Å²) in [6.07, 6.45) is 4.14. The molecule has 0 saturated heterocycles. The number of allylic oxidation sites excluding steroid dienone is 2. The van der Waals surface area contributed by atoms with Crippen molar-refractivity contribution in [3.05, 3.63) is 77.9 Å². The summed E-state index contributed by atoms with van der Waals surface area (Å²) in [5, 5.41) is 17.4. The summed E-state index contributed by atoms with van der Waals surface area (Å²) in [5.74, 6) is -0.935. The number of benzene rings is 2. The minimum Gasteiger partial charge on any atom is -0.288 e. The highest BCUT2D eigenvalue weighted by Gasteiger charge is 2.14. The lowest BCUT2D eigenvalue weighted by Gasteiger charge is -2.10. The standard InChI is InChI=1S/C18H15N3O4S/c19-13-15(18(22)20-23)9-6-8-14-7-4-5-12-17(14)21-26(24,25)16-10-2-1-3-11-16/h1-12,21,23H,(H,20,22)/b8-6+,15-9+. The van der Waals surface area contributed by atoms with Gasteiger partial charge in [0.15, 0.2) is 0 Å². The first-order chi connectivity index (χ1) is 12.5.